The van der Waals surface area contributed by atoms with Gasteiger partial charge in [-0.05, 0) is 42.5 Å². The summed E-state index contributed by atoms with van der Waals surface area (Å²) in [5.74, 6) is 1.54. The Labute approximate surface area is 167 Å². The Morgan fingerprint density at radius 3 is 2.15 bits per heavy atom. The van der Waals surface area contributed by atoms with Gasteiger partial charge in [0.1, 0.15) is 11.6 Å². The first-order valence-electron chi connectivity index (χ1n) is 8.41. The van der Waals surface area contributed by atoms with Crippen molar-refractivity contribution in [3.05, 3.63) is 82.8 Å². The second-order valence-corrected chi connectivity index (χ2v) is 6.85. The molecule has 0 saturated heterocycles. The van der Waals surface area contributed by atoms with Gasteiger partial charge >= 0.3 is 0 Å². The lowest BCUT2D eigenvalue weighted by Crippen LogP contribution is -1.85. The summed E-state index contributed by atoms with van der Waals surface area (Å²) in [7, 11) is 1.66. The van der Waals surface area contributed by atoms with Gasteiger partial charge in [0.2, 0.25) is 0 Å². The van der Waals surface area contributed by atoms with Crippen LogP contribution >= 0.6 is 23.2 Å². The van der Waals surface area contributed by atoms with Crippen LogP contribution in [-0.4, -0.2) is 17.1 Å². The molecule has 4 rings (SSSR count). The SMILES string of the molecule is COc1ccc(-c2[nH]c(-c3ccc(Cl)c(Cl)c3)nc2-c2ccccc2)cc1. The molecule has 0 fully saturated rings. The molecule has 3 nitrogen and oxygen atoms in total. The largest absolute Gasteiger partial charge is 0.497 e. The number of nitrogens with zero attached hydrogens (tertiary/aromatic N) is 1. The van der Waals surface area contributed by atoms with Crippen LogP contribution < -0.4 is 4.74 Å². The summed E-state index contributed by atoms with van der Waals surface area (Å²) in [6.07, 6.45) is 0. The molecule has 0 aliphatic carbocycles. The summed E-state index contributed by atoms with van der Waals surface area (Å²) in [4.78, 5) is 8.30. The number of rotatable bonds is 4. The van der Waals surface area contributed by atoms with Crippen LogP contribution in [0.4, 0.5) is 0 Å². The van der Waals surface area contributed by atoms with Crippen LogP contribution in [0.3, 0.4) is 0 Å². The number of hydrogen-bond donors (Lipinski definition) is 1. The maximum Gasteiger partial charge on any atom is 0.138 e. The van der Waals surface area contributed by atoms with Crippen molar-refractivity contribution in [1.82, 2.24) is 9.97 Å². The van der Waals surface area contributed by atoms with Crippen molar-refractivity contribution in [1.29, 1.82) is 0 Å². The number of benzene rings is 3. The van der Waals surface area contributed by atoms with E-state index in [0.717, 1.165) is 39.7 Å². The fourth-order valence-corrected chi connectivity index (χ4v) is 3.22. The average molecular weight is 395 g/mol. The summed E-state index contributed by atoms with van der Waals surface area (Å²) in [6.45, 7) is 0. The van der Waals surface area contributed by atoms with Gasteiger partial charge in [0.05, 0.1) is 28.5 Å². The minimum atomic E-state index is 0.498. The number of hydrogen-bond acceptors (Lipinski definition) is 2. The van der Waals surface area contributed by atoms with Crippen molar-refractivity contribution in [2.45, 2.75) is 0 Å². The third-order valence-electron chi connectivity index (χ3n) is 4.32. The zero-order valence-corrected chi connectivity index (χ0v) is 16.1. The Morgan fingerprint density at radius 1 is 0.778 bits per heavy atom. The smallest absolute Gasteiger partial charge is 0.138 e. The van der Waals surface area contributed by atoms with Crippen LogP contribution in [0.5, 0.6) is 5.75 Å². The number of methoxy groups -OCH3 is 1. The molecule has 1 N–H and O–H groups in total. The number of imidazole rings is 1. The van der Waals surface area contributed by atoms with E-state index in [4.69, 9.17) is 32.9 Å². The lowest BCUT2D eigenvalue weighted by molar-refractivity contribution is 0.415. The van der Waals surface area contributed by atoms with Crippen molar-refractivity contribution in [2.24, 2.45) is 0 Å². The van der Waals surface area contributed by atoms with E-state index in [1.165, 1.54) is 0 Å². The third kappa shape index (κ3) is 3.57. The topological polar surface area (TPSA) is 37.9 Å². The van der Waals surface area contributed by atoms with Crippen LogP contribution in [0.15, 0.2) is 72.8 Å². The molecule has 0 amide bonds. The van der Waals surface area contributed by atoms with Gasteiger partial charge in [0.15, 0.2) is 0 Å². The summed E-state index contributed by atoms with van der Waals surface area (Å²) in [5, 5.41) is 1.02. The minimum absolute atomic E-state index is 0.498. The van der Waals surface area contributed by atoms with E-state index in [2.05, 4.69) is 4.98 Å². The Hall–Kier alpha value is -2.75. The first-order valence-corrected chi connectivity index (χ1v) is 9.16. The molecule has 27 heavy (non-hydrogen) atoms. The molecule has 1 aromatic heterocycles. The Balaban J connectivity index is 1.87. The molecule has 0 spiro atoms. The molecule has 3 aromatic carbocycles. The van der Waals surface area contributed by atoms with Crippen LogP contribution in [0.25, 0.3) is 33.9 Å². The molecule has 0 radical (unpaired) electrons. The molecular formula is C22H16Cl2N2O. The van der Waals surface area contributed by atoms with Gasteiger partial charge < -0.3 is 9.72 Å². The highest BCUT2D eigenvalue weighted by atomic mass is 35.5. The maximum absolute atomic E-state index is 6.19. The summed E-state index contributed by atoms with van der Waals surface area (Å²) in [5.41, 5.74) is 4.74. The van der Waals surface area contributed by atoms with Gasteiger partial charge in [0, 0.05) is 16.7 Å². The number of aromatic nitrogens is 2. The molecule has 0 aliphatic rings. The molecule has 0 atom stereocenters. The Kier molecular flexibility index (Phi) is 4.88. The van der Waals surface area contributed by atoms with Gasteiger partial charge in [-0.1, -0.05) is 53.5 Å². The normalized spacial score (nSPS) is 10.8. The first-order chi connectivity index (χ1) is 13.2. The van der Waals surface area contributed by atoms with Gasteiger partial charge in [0.25, 0.3) is 0 Å². The second-order valence-electron chi connectivity index (χ2n) is 6.03. The van der Waals surface area contributed by atoms with Crippen molar-refractivity contribution < 1.29 is 4.74 Å². The molecule has 0 saturated carbocycles. The lowest BCUT2D eigenvalue weighted by Gasteiger charge is -2.04. The van der Waals surface area contributed by atoms with Crippen LogP contribution in [0, 0.1) is 0 Å². The predicted molar refractivity (Wildman–Crippen MR) is 111 cm³/mol. The number of ether oxygens (including phenoxy) is 1. The molecule has 134 valence electrons. The van der Waals surface area contributed by atoms with Crippen molar-refractivity contribution in [3.63, 3.8) is 0 Å². The monoisotopic (exact) mass is 394 g/mol. The predicted octanol–water partition coefficient (Wildman–Crippen LogP) is 6.73. The van der Waals surface area contributed by atoms with Crippen LogP contribution in [0.1, 0.15) is 0 Å². The van der Waals surface area contributed by atoms with Crippen molar-refractivity contribution in [2.75, 3.05) is 7.11 Å². The molecular weight excluding hydrogens is 379 g/mol. The Morgan fingerprint density at radius 2 is 1.48 bits per heavy atom. The first kappa shape index (κ1) is 17.7. The molecule has 0 unspecified atom stereocenters. The second kappa shape index (κ2) is 7.47. The average Bonchev–Trinajstić information content (AvgIpc) is 3.16. The molecule has 5 heteroatoms. The van der Waals surface area contributed by atoms with E-state index in [1.54, 1.807) is 13.2 Å². The van der Waals surface area contributed by atoms with E-state index in [9.17, 15) is 0 Å². The standard InChI is InChI=1S/C22H16Cl2N2O/c1-27-17-10-7-15(8-11-17)21-20(14-5-3-2-4-6-14)25-22(26-21)16-9-12-18(23)19(24)13-16/h2-13H,1H3,(H,25,26). The van der Waals surface area contributed by atoms with Crippen LogP contribution in [0.2, 0.25) is 10.0 Å². The van der Waals surface area contributed by atoms with Crippen molar-refractivity contribution in [3.8, 4) is 39.7 Å². The van der Waals surface area contributed by atoms with E-state index < -0.39 is 0 Å². The zero-order valence-electron chi connectivity index (χ0n) is 14.5. The van der Waals surface area contributed by atoms with Gasteiger partial charge in [-0.2, -0.15) is 0 Å². The minimum Gasteiger partial charge on any atom is -0.497 e. The molecule has 1 heterocycles. The Bertz CT molecular complexity index is 1070. The number of H-pyrrole nitrogens is 1. The number of halogens is 2. The number of aromatic amines is 1. The highest BCUT2D eigenvalue weighted by Crippen LogP contribution is 2.35. The number of nitrogens with one attached hydrogen (secondary N) is 1. The van der Waals surface area contributed by atoms with E-state index in [0.29, 0.717) is 10.0 Å². The summed E-state index contributed by atoms with van der Waals surface area (Å²) in [6, 6.07) is 23.5. The van der Waals surface area contributed by atoms with E-state index >= 15 is 0 Å². The highest BCUT2D eigenvalue weighted by Gasteiger charge is 2.16. The highest BCUT2D eigenvalue weighted by molar-refractivity contribution is 6.42. The van der Waals surface area contributed by atoms with Crippen LogP contribution in [-0.2, 0) is 0 Å². The fourth-order valence-electron chi connectivity index (χ4n) is 2.92. The zero-order chi connectivity index (χ0) is 18.8. The summed E-state index contributed by atoms with van der Waals surface area (Å²) < 4.78 is 5.27. The molecule has 4 aromatic rings. The van der Waals surface area contributed by atoms with Gasteiger partial charge in [-0.3, -0.25) is 0 Å². The quantitative estimate of drug-likeness (QED) is 0.416. The maximum atomic E-state index is 6.19. The van der Waals surface area contributed by atoms with E-state index in [-0.39, 0.29) is 0 Å². The molecule has 0 bridgehead atoms. The lowest BCUT2D eigenvalue weighted by atomic mass is 10.1. The van der Waals surface area contributed by atoms with Gasteiger partial charge in [-0.15, -0.1) is 0 Å². The fraction of sp³-hybridized carbons (Fsp3) is 0.0455. The van der Waals surface area contributed by atoms with Gasteiger partial charge in [-0.25, -0.2) is 4.98 Å². The third-order valence-corrected chi connectivity index (χ3v) is 5.06. The van der Waals surface area contributed by atoms with Crippen molar-refractivity contribution >= 4 is 23.2 Å². The molecule has 0 aliphatic heterocycles. The van der Waals surface area contributed by atoms with E-state index in [1.807, 2.05) is 66.7 Å². The summed E-state index contributed by atoms with van der Waals surface area (Å²) >= 11 is 12.2.